The molecule has 0 bridgehead atoms. The summed E-state index contributed by atoms with van der Waals surface area (Å²) in [6.45, 7) is 4.70. The molecule has 0 atom stereocenters. The van der Waals surface area contributed by atoms with Crippen LogP contribution in [0.1, 0.15) is 31.1 Å². The third kappa shape index (κ3) is 2.77. The van der Waals surface area contributed by atoms with E-state index in [0.717, 1.165) is 17.1 Å². The molecule has 2 aromatic rings. The lowest BCUT2D eigenvalue weighted by atomic mass is 10.1. The minimum atomic E-state index is 0.266. The van der Waals surface area contributed by atoms with Gasteiger partial charge in [0.25, 0.3) is 0 Å². The molecule has 0 aliphatic heterocycles. The number of nitrogens with zero attached hydrogens (tertiary/aromatic N) is 2. The van der Waals surface area contributed by atoms with Gasteiger partial charge in [-0.05, 0) is 18.1 Å². The van der Waals surface area contributed by atoms with Crippen LogP contribution in [0.3, 0.4) is 0 Å². The van der Waals surface area contributed by atoms with Gasteiger partial charge >= 0.3 is 0 Å². The van der Waals surface area contributed by atoms with Gasteiger partial charge in [0, 0.05) is 5.56 Å². The molecule has 0 saturated heterocycles. The predicted octanol–water partition coefficient (Wildman–Crippen LogP) is 3.46. The van der Waals surface area contributed by atoms with Crippen LogP contribution in [-0.4, -0.2) is 9.97 Å². The number of aromatic nitrogens is 2. The van der Waals surface area contributed by atoms with Gasteiger partial charge in [-0.25, -0.2) is 9.97 Å². The van der Waals surface area contributed by atoms with Crippen molar-refractivity contribution in [2.24, 2.45) is 0 Å². The van der Waals surface area contributed by atoms with Crippen LogP contribution < -0.4 is 5.32 Å². The van der Waals surface area contributed by atoms with Gasteiger partial charge in [0.05, 0.1) is 12.8 Å². The molecule has 0 spiro atoms. The van der Waals surface area contributed by atoms with Crippen molar-refractivity contribution >= 4 is 17.4 Å². The Balaban J connectivity index is 2.18. The fourth-order valence-electron chi connectivity index (χ4n) is 1.61. The smallest absolute Gasteiger partial charge is 0.138 e. The number of nitrogens with one attached hydrogen (secondary N) is 1. The number of hydrogen-bond acceptors (Lipinski definition) is 4. The lowest BCUT2D eigenvalue weighted by Gasteiger charge is -2.13. The SMILES string of the molecule is CC(C)c1c(Cl)ncnc1NCc1ccco1. The fourth-order valence-corrected chi connectivity index (χ4v) is 1.96. The molecular weight excluding hydrogens is 238 g/mol. The zero-order chi connectivity index (χ0) is 12.3. The maximum atomic E-state index is 6.07. The van der Waals surface area contributed by atoms with Crippen LogP contribution in [0.4, 0.5) is 5.82 Å². The lowest BCUT2D eigenvalue weighted by molar-refractivity contribution is 0.517. The minimum Gasteiger partial charge on any atom is -0.467 e. The molecule has 0 saturated carbocycles. The van der Waals surface area contributed by atoms with E-state index in [1.54, 1.807) is 6.26 Å². The van der Waals surface area contributed by atoms with E-state index in [2.05, 4.69) is 29.1 Å². The maximum Gasteiger partial charge on any atom is 0.138 e. The highest BCUT2D eigenvalue weighted by atomic mass is 35.5. The second kappa shape index (κ2) is 5.19. The topological polar surface area (TPSA) is 51.0 Å². The van der Waals surface area contributed by atoms with E-state index < -0.39 is 0 Å². The Morgan fingerprint density at radius 3 is 2.88 bits per heavy atom. The van der Waals surface area contributed by atoms with Crippen LogP contribution in [0.5, 0.6) is 0 Å². The van der Waals surface area contributed by atoms with Crippen molar-refractivity contribution in [3.05, 3.63) is 41.2 Å². The van der Waals surface area contributed by atoms with E-state index in [9.17, 15) is 0 Å². The molecule has 2 heterocycles. The second-order valence-corrected chi connectivity index (χ2v) is 4.37. The van der Waals surface area contributed by atoms with Crippen LogP contribution in [0.15, 0.2) is 29.1 Å². The van der Waals surface area contributed by atoms with Gasteiger partial charge in [-0.3, -0.25) is 0 Å². The predicted molar refractivity (Wildman–Crippen MR) is 67.2 cm³/mol. The number of furan rings is 1. The van der Waals surface area contributed by atoms with Crippen LogP contribution >= 0.6 is 11.6 Å². The highest BCUT2D eigenvalue weighted by molar-refractivity contribution is 6.30. The molecule has 0 aliphatic carbocycles. The lowest BCUT2D eigenvalue weighted by Crippen LogP contribution is -2.06. The minimum absolute atomic E-state index is 0.266. The average molecular weight is 252 g/mol. The van der Waals surface area contributed by atoms with Crippen molar-refractivity contribution in [2.75, 3.05) is 5.32 Å². The molecule has 2 aromatic heterocycles. The van der Waals surface area contributed by atoms with E-state index >= 15 is 0 Å². The average Bonchev–Trinajstić information content (AvgIpc) is 2.78. The molecule has 0 aromatic carbocycles. The van der Waals surface area contributed by atoms with E-state index in [1.807, 2.05) is 12.1 Å². The summed E-state index contributed by atoms with van der Waals surface area (Å²) in [5, 5.41) is 3.71. The first kappa shape index (κ1) is 11.9. The first-order valence-corrected chi connectivity index (χ1v) is 5.83. The molecular formula is C12H14ClN3O. The first-order chi connectivity index (χ1) is 8.18. The molecule has 17 heavy (non-hydrogen) atoms. The molecule has 0 amide bonds. The highest BCUT2D eigenvalue weighted by Gasteiger charge is 2.13. The van der Waals surface area contributed by atoms with E-state index in [1.165, 1.54) is 6.33 Å². The summed E-state index contributed by atoms with van der Waals surface area (Å²) in [4.78, 5) is 8.21. The Kier molecular flexibility index (Phi) is 3.64. The Labute approximate surface area is 105 Å². The summed E-state index contributed by atoms with van der Waals surface area (Å²) < 4.78 is 5.25. The van der Waals surface area contributed by atoms with Crippen LogP contribution in [-0.2, 0) is 6.54 Å². The molecule has 0 radical (unpaired) electrons. The summed E-state index contributed by atoms with van der Waals surface area (Å²) in [7, 11) is 0. The Morgan fingerprint density at radius 2 is 2.24 bits per heavy atom. The second-order valence-electron chi connectivity index (χ2n) is 4.01. The summed E-state index contributed by atoms with van der Waals surface area (Å²) in [5.74, 6) is 1.88. The molecule has 0 fully saturated rings. The van der Waals surface area contributed by atoms with Crippen molar-refractivity contribution in [3.8, 4) is 0 Å². The monoisotopic (exact) mass is 251 g/mol. The Morgan fingerprint density at radius 1 is 1.41 bits per heavy atom. The Bertz CT molecular complexity index is 483. The third-order valence-electron chi connectivity index (χ3n) is 2.42. The number of anilines is 1. The number of halogens is 1. The number of hydrogen-bond donors (Lipinski definition) is 1. The van der Waals surface area contributed by atoms with Crippen LogP contribution in [0.2, 0.25) is 5.15 Å². The van der Waals surface area contributed by atoms with Gasteiger partial charge in [-0.2, -0.15) is 0 Å². The quantitative estimate of drug-likeness (QED) is 0.846. The molecule has 0 unspecified atom stereocenters. The van der Waals surface area contributed by atoms with Gasteiger partial charge in [-0.15, -0.1) is 0 Å². The fraction of sp³-hybridized carbons (Fsp3) is 0.333. The molecule has 1 N–H and O–H groups in total. The van der Waals surface area contributed by atoms with E-state index in [4.69, 9.17) is 16.0 Å². The van der Waals surface area contributed by atoms with Gasteiger partial charge < -0.3 is 9.73 Å². The zero-order valence-electron chi connectivity index (χ0n) is 9.77. The van der Waals surface area contributed by atoms with Crippen molar-refractivity contribution in [1.29, 1.82) is 0 Å². The third-order valence-corrected chi connectivity index (χ3v) is 2.72. The molecule has 0 aliphatic rings. The van der Waals surface area contributed by atoms with Crippen molar-refractivity contribution in [1.82, 2.24) is 9.97 Å². The van der Waals surface area contributed by atoms with Crippen molar-refractivity contribution < 1.29 is 4.42 Å². The van der Waals surface area contributed by atoms with Gasteiger partial charge in [0.2, 0.25) is 0 Å². The summed E-state index contributed by atoms with van der Waals surface area (Å²) in [5.41, 5.74) is 0.931. The molecule has 90 valence electrons. The van der Waals surface area contributed by atoms with E-state index in [0.29, 0.717) is 11.7 Å². The van der Waals surface area contributed by atoms with Crippen LogP contribution in [0, 0.1) is 0 Å². The van der Waals surface area contributed by atoms with Crippen molar-refractivity contribution in [2.45, 2.75) is 26.3 Å². The first-order valence-electron chi connectivity index (χ1n) is 5.45. The van der Waals surface area contributed by atoms with E-state index in [-0.39, 0.29) is 5.92 Å². The normalized spacial score (nSPS) is 10.8. The molecule has 2 rings (SSSR count). The van der Waals surface area contributed by atoms with Gasteiger partial charge in [0.15, 0.2) is 0 Å². The Hall–Kier alpha value is -1.55. The standard InChI is InChI=1S/C12H14ClN3O/c1-8(2)10-11(13)15-7-16-12(10)14-6-9-4-3-5-17-9/h3-5,7-8H,6H2,1-2H3,(H,14,15,16). The van der Waals surface area contributed by atoms with Gasteiger partial charge in [0.1, 0.15) is 23.1 Å². The summed E-state index contributed by atoms with van der Waals surface area (Å²) >= 11 is 6.07. The number of rotatable bonds is 4. The van der Waals surface area contributed by atoms with Gasteiger partial charge in [-0.1, -0.05) is 25.4 Å². The molecule has 4 nitrogen and oxygen atoms in total. The summed E-state index contributed by atoms with van der Waals surface area (Å²) in [6.07, 6.45) is 3.10. The largest absolute Gasteiger partial charge is 0.467 e. The highest BCUT2D eigenvalue weighted by Crippen LogP contribution is 2.28. The summed E-state index contributed by atoms with van der Waals surface area (Å²) in [6, 6.07) is 3.76. The van der Waals surface area contributed by atoms with Crippen molar-refractivity contribution in [3.63, 3.8) is 0 Å². The molecule has 5 heteroatoms. The van der Waals surface area contributed by atoms with Crippen LogP contribution in [0.25, 0.3) is 0 Å². The maximum absolute atomic E-state index is 6.07. The zero-order valence-corrected chi connectivity index (χ0v) is 10.5.